The first-order valence-electron chi connectivity index (χ1n) is 10.4. The van der Waals surface area contributed by atoms with Crippen molar-refractivity contribution in [3.63, 3.8) is 0 Å². The topological polar surface area (TPSA) is 49.4 Å². The summed E-state index contributed by atoms with van der Waals surface area (Å²) in [6.07, 6.45) is 8.79. The Morgan fingerprint density at radius 2 is 1.75 bits per heavy atom. The molecule has 1 heterocycles. The van der Waals surface area contributed by atoms with Crippen LogP contribution in [0, 0.1) is 0 Å². The van der Waals surface area contributed by atoms with E-state index in [9.17, 15) is 9.35 Å². The molecule has 2 atom stereocenters. The van der Waals surface area contributed by atoms with Crippen LogP contribution in [-0.4, -0.2) is 16.6 Å². The molecule has 2 aromatic carbocycles. The first-order valence-corrected chi connectivity index (χ1v) is 11.6. The number of unbranched alkanes of at least 4 members (excludes halogenated alkanes) is 5. The summed E-state index contributed by atoms with van der Waals surface area (Å²) < 4.78 is 18.6. The lowest BCUT2D eigenvalue weighted by molar-refractivity contribution is 0.0318. The highest BCUT2D eigenvalue weighted by Gasteiger charge is 2.31. The van der Waals surface area contributed by atoms with E-state index in [1.54, 1.807) is 12.1 Å². The van der Waals surface area contributed by atoms with E-state index in [4.69, 9.17) is 4.74 Å². The van der Waals surface area contributed by atoms with Crippen molar-refractivity contribution in [1.82, 2.24) is 0 Å². The number of esters is 1. The van der Waals surface area contributed by atoms with E-state index in [0.29, 0.717) is 12.0 Å². The molecule has 1 aliphatic rings. The molecule has 0 saturated carbocycles. The summed E-state index contributed by atoms with van der Waals surface area (Å²) in [7, 11) is 0. The van der Waals surface area contributed by atoms with E-state index in [0.717, 1.165) is 33.8 Å². The average molecular weight is 399 g/mol. The van der Waals surface area contributed by atoms with Crippen LogP contribution < -0.4 is 0 Å². The molecule has 0 radical (unpaired) electrons. The molecule has 150 valence electrons. The number of fused-ring (bicyclic) bond motifs is 2. The van der Waals surface area contributed by atoms with Crippen LogP contribution >= 0.6 is 0 Å². The molecule has 28 heavy (non-hydrogen) atoms. The highest BCUT2D eigenvalue weighted by molar-refractivity contribution is 7.91. The minimum Gasteiger partial charge on any atom is -0.606 e. The maximum Gasteiger partial charge on any atom is 0.338 e. The Balaban J connectivity index is 1.62. The fraction of sp³-hybridized carbons (Fsp3) is 0.458. The van der Waals surface area contributed by atoms with Crippen molar-refractivity contribution in [3.05, 3.63) is 59.2 Å². The maximum absolute atomic E-state index is 12.9. The molecule has 1 aliphatic heterocycles. The van der Waals surface area contributed by atoms with Crippen LogP contribution in [0.4, 0.5) is 0 Å². The fourth-order valence-corrected chi connectivity index (χ4v) is 5.20. The second-order valence-electron chi connectivity index (χ2n) is 7.61. The monoisotopic (exact) mass is 398 g/mol. The van der Waals surface area contributed by atoms with E-state index in [1.807, 2.05) is 37.3 Å². The fourth-order valence-electron chi connectivity index (χ4n) is 3.77. The van der Waals surface area contributed by atoms with Crippen molar-refractivity contribution in [2.24, 2.45) is 0 Å². The van der Waals surface area contributed by atoms with Crippen LogP contribution in [0.25, 0.3) is 0 Å². The average Bonchev–Trinajstić information content (AvgIpc) is 2.70. The van der Waals surface area contributed by atoms with Gasteiger partial charge in [-0.2, -0.15) is 0 Å². The van der Waals surface area contributed by atoms with Crippen LogP contribution in [0.1, 0.15) is 80.3 Å². The van der Waals surface area contributed by atoms with Gasteiger partial charge in [-0.1, -0.05) is 63.3 Å². The van der Waals surface area contributed by atoms with Crippen molar-refractivity contribution in [2.75, 3.05) is 0 Å². The van der Waals surface area contributed by atoms with Gasteiger partial charge in [0.15, 0.2) is 9.79 Å². The predicted molar refractivity (Wildman–Crippen MR) is 113 cm³/mol. The van der Waals surface area contributed by atoms with Gasteiger partial charge in [-0.3, -0.25) is 0 Å². The van der Waals surface area contributed by atoms with Gasteiger partial charge in [-0.05, 0) is 38.0 Å². The van der Waals surface area contributed by atoms with E-state index in [-0.39, 0.29) is 12.1 Å². The third kappa shape index (κ3) is 4.98. The van der Waals surface area contributed by atoms with Gasteiger partial charge in [0.2, 0.25) is 0 Å². The number of hydrogen-bond acceptors (Lipinski definition) is 3. The molecule has 0 spiro atoms. The lowest BCUT2D eigenvalue weighted by Gasteiger charge is -2.23. The highest BCUT2D eigenvalue weighted by atomic mass is 32.2. The Bertz CT molecular complexity index is 802. The van der Waals surface area contributed by atoms with Gasteiger partial charge < -0.3 is 9.29 Å². The second-order valence-corrected chi connectivity index (χ2v) is 9.02. The van der Waals surface area contributed by atoms with Crippen molar-refractivity contribution in [1.29, 1.82) is 0 Å². The van der Waals surface area contributed by atoms with E-state index in [1.165, 1.54) is 32.1 Å². The first kappa shape index (κ1) is 20.9. The second kappa shape index (κ2) is 10.1. The molecule has 0 fully saturated rings. The zero-order valence-corrected chi connectivity index (χ0v) is 17.7. The number of hydrogen-bond donors (Lipinski definition) is 0. The van der Waals surface area contributed by atoms with Crippen molar-refractivity contribution in [3.8, 4) is 0 Å². The first-order chi connectivity index (χ1) is 13.6. The van der Waals surface area contributed by atoms with Crippen molar-refractivity contribution >= 4 is 17.1 Å². The largest absolute Gasteiger partial charge is 0.606 e. The Hall–Kier alpha value is -1.78. The number of ether oxygens (including phenoxy) is 1. The summed E-state index contributed by atoms with van der Waals surface area (Å²) in [6, 6.07) is 13.2. The van der Waals surface area contributed by atoms with Gasteiger partial charge in [0.25, 0.3) is 0 Å². The van der Waals surface area contributed by atoms with E-state index < -0.39 is 11.2 Å². The molecule has 0 aromatic heterocycles. The van der Waals surface area contributed by atoms with Gasteiger partial charge in [-0.25, -0.2) is 4.79 Å². The SMILES string of the molecule is CCCCCCCCC(C)OC(=O)c1cccc2c1Cc1ccccc1[S+]2[O-]. The lowest BCUT2D eigenvalue weighted by atomic mass is 9.99. The molecular formula is C24H30O3S. The van der Waals surface area contributed by atoms with Gasteiger partial charge >= 0.3 is 5.97 Å². The predicted octanol–water partition coefficient (Wildman–Crippen LogP) is 6.05. The lowest BCUT2D eigenvalue weighted by Crippen LogP contribution is -2.21. The summed E-state index contributed by atoms with van der Waals surface area (Å²) >= 11 is -1.25. The Morgan fingerprint density at radius 3 is 2.57 bits per heavy atom. The maximum atomic E-state index is 12.9. The molecule has 2 unspecified atom stereocenters. The normalized spacial score (nSPS) is 16.2. The molecule has 3 nitrogen and oxygen atoms in total. The Morgan fingerprint density at radius 1 is 1.04 bits per heavy atom. The number of benzene rings is 2. The molecule has 0 bridgehead atoms. The molecular weight excluding hydrogens is 368 g/mol. The molecule has 0 aliphatic carbocycles. The van der Waals surface area contributed by atoms with Gasteiger partial charge in [-0.15, -0.1) is 0 Å². The van der Waals surface area contributed by atoms with E-state index >= 15 is 0 Å². The molecule has 0 N–H and O–H groups in total. The summed E-state index contributed by atoms with van der Waals surface area (Å²) in [6.45, 7) is 4.19. The third-order valence-electron chi connectivity index (χ3n) is 5.36. The Labute approximate surface area is 171 Å². The van der Waals surface area contributed by atoms with Crippen molar-refractivity contribution in [2.45, 2.75) is 81.1 Å². The summed E-state index contributed by atoms with van der Waals surface area (Å²) in [4.78, 5) is 14.4. The van der Waals surface area contributed by atoms with Crippen LogP contribution in [0.3, 0.4) is 0 Å². The van der Waals surface area contributed by atoms with Crippen LogP contribution in [0.2, 0.25) is 0 Å². The smallest absolute Gasteiger partial charge is 0.338 e. The molecule has 0 amide bonds. The number of carbonyl (C=O) groups excluding carboxylic acids is 1. The zero-order valence-electron chi connectivity index (χ0n) is 16.9. The number of carbonyl (C=O) groups is 1. The van der Waals surface area contributed by atoms with Crippen LogP contribution in [-0.2, 0) is 22.3 Å². The highest BCUT2D eigenvalue weighted by Crippen LogP contribution is 2.36. The van der Waals surface area contributed by atoms with Crippen molar-refractivity contribution < 1.29 is 14.1 Å². The summed E-state index contributed by atoms with van der Waals surface area (Å²) in [5, 5.41) is 0. The summed E-state index contributed by atoms with van der Waals surface area (Å²) in [5.74, 6) is -0.299. The minimum absolute atomic E-state index is 0.101. The number of rotatable bonds is 9. The Kier molecular flexibility index (Phi) is 7.57. The van der Waals surface area contributed by atoms with Crippen LogP contribution in [0.15, 0.2) is 52.3 Å². The third-order valence-corrected chi connectivity index (χ3v) is 6.94. The molecule has 2 aromatic rings. The summed E-state index contributed by atoms with van der Waals surface area (Å²) in [5.41, 5.74) is 2.42. The standard InChI is InChI=1S/C24H30O3S/c1-3-4-5-6-7-8-12-18(2)27-24(25)20-14-11-16-23-21(20)17-19-13-9-10-15-22(19)28(23)26/h9-11,13-16,18H,3-8,12,17H2,1-2H3. The van der Waals surface area contributed by atoms with E-state index in [2.05, 4.69) is 6.92 Å². The quantitative estimate of drug-likeness (QED) is 0.293. The zero-order chi connectivity index (χ0) is 19.9. The molecule has 3 rings (SSSR count). The molecule has 4 heteroatoms. The molecule has 0 saturated heterocycles. The van der Waals surface area contributed by atoms with Gasteiger partial charge in [0, 0.05) is 28.7 Å². The van der Waals surface area contributed by atoms with Gasteiger partial charge in [0.1, 0.15) is 0 Å². The van der Waals surface area contributed by atoms with Crippen LogP contribution in [0.5, 0.6) is 0 Å². The minimum atomic E-state index is -1.25. The van der Waals surface area contributed by atoms with Gasteiger partial charge in [0.05, 0.1) is 11.7 Å².